The van der Waals surface area contributed by atoms with E-state index in [2.05, 4.69) is 0 Å². The Morgan fingerprint density at radius 3 is 1.58 bits per heavy atom. The predicted octanol–water partition coefficient (Wildman–Crippen LogP) is 4.78. The van der Waals surface area contributed by atoms with Crippen LogP contribution >= 0.6 is 0 Å². The molecule has 190 valence electrons. The Morgan fingerprint density at radius 1 is 0.694 bits per heavy atom. The van der Waals surface area contributed by atoms with Gasteiger partial charge in [0, 0.05) is 24.7 Å². The summed E-state index contributed by atoms with van der Waals surface area (Å²) < 4.78 is 27.2. The molecule has 0 spiro atoms. The van der Waals surface area contributed by atoms with E-state index in [-0.39, 0.29) is 11.5 Å². The quantitative estimate of drug-likeness (QED) is 0.376. The van der Waals surface area contributed by atoms with Crippen molar-refractivity contribution in [3.8, 4) is 23.0 Å². The summed E-state index contributed by atoms with van der Waals surface area (Å²) in [6, 6.07) is 18.6. The minimum absolute atomic E-state index is 0.269. The van der Waals surface area contributed by atoms with E-state index in [1.54, 1.807) is 43.4 Å². The monoisotopic (exact) mass is 493 g/mol. The fourth-order valence-corrected chi connectivity index (χ4v) is 3.72. The largest absolute Gasteiger partial charge is 0.497 e. The summed E-state index contributed by atoms with van der Waals surface area (Å²) in [5.74, 6) is 1.07. The standard InChI is InChI=1S/C28H31NO7/c1-18(29(2)27(30)20-12-22(32-3)16-23(13-20)33-4)26(19-10-8-7-9-11-19)36-28(31)21-14-24(34-5)17-25(15-21)35-6/h7-18,26H,1-6H3/t18?,26-/m1/s1. The zero-order valence-corrected chi connectivity index (χ0v) is 21.3. The lowest BCUT2D eigenvalue weighted by Crippen LogP contribution is -2.40. The van der Waals surface area contributed by atoms with Crippen LogP contribution in [0.5, 0.6) is 23.0 Å². The molecule has 0 saturated carbocycles. The molecule has 0 aromatic heterocycles. The van der Waals surface area contributed by atoms with Crippen LogP contribution in [0.25, 0.3) is 0 Å². The molecule has 1 amide bonds. The first-order chi connectivity index (χ1) is 17.3. The number of carbonyl (C=O) groups excluding carboxylic acids is 2. The van der Waals surface area contributed by atoms with Gasteiger partial charge in [-0.2, -0.15) is 0 Å². The van der Waals surface area contributed by atoms with Gasteiger partial charge in [0.2, 0.25) is 0 Å². The predicted molar refractivity (Wildman–Crippen MR) is 135 cm³/mol. The van der Waals surface area contributed by atoms with Crippen molar-refractivity contribution < 1.29 is 33.3 Å². The van der Waals surface area contributed by atoms with E-state index in [4.69, 9.17) is 23.7 Å². The topological polar surface area (TPSA) is 83.5 Å². The van der Waals surface area contributed by atoms with E-state index in [0.717, 1.165) is 5.56 Å². The molecule has 0 aliphatic heterocycles. The van der Waals surface area contributed by atoms with Crippen LogP contribution in [-0.4, -0.2) is 58.3 Å². The Kier molecular flexibility index (Phi) is 8.78. The summed E-state index contributed by atoms with van der Waals surface area (Å²) in [5, 5.41) is 0. The van der Waals surface area contributed by atoms with Crippen LogP contribution in [0.4, 0.5) is 0 Å². The first-order valence-electron chi connectivity index (χ1n) is 11.3. The third-order valence-corrected chi connectivity index (χ3v) is 5.92. The van der Waals surface area contributed by atoms with Gasteiger partial charge in [0.15, 0.2) is 0 Å². The van der Waals surface area contributed by atoms with E-state index in [1.807, 2.05) is 37.3 Å². The third-order valence-electron chi connectivity index (χ3n) is 5.92. The highest BCUT2D eigenvalue weighted by molar-refractivity contribution is 5.95. The maximum absolute atomic E-state index is 13.4. The average molecular weight is 494 g/mol. The number of rotatable bonds is 10. The molecule has 0 N–H and O–H groups in total. The Hall–Kier alpha value is -4.20. The molecule has 0 aliphatic carbocycles. The highest BCUT2D eigenvalue weighted by Gasteiger charge is 2.31. The summed E-state index contributed by atoms with van der Waals surface area (Å²) >= 11 is 0. The Labute approximate surface area is 211 Å². The molecule has 3 rings (SSSR count). The lowest BCUT2D eigenvalue weighted by molar-refractivity contribution is 0.00561. The second-order valence-electron chi connectivity index (χ2n) is 8.10. The van der Waals surface area contributed by atoms with Gasteiger partial charge in [-0.15, -0.1) is 0 Å². The number of benzene rings is 3. The maximum Gasteiger partial charge on any atom is 0.339 e. The van der Waals surface area contributed by atoms with Gasteiger partial charge in [0.05, 0.1) is 40.0 Å². The van der Waals surface area contributed by atoms with Gasteiger partial charge >= 0.3 is 5.97 Å². The number of methoxy groups -OCH3 is 4. The number of hydrogen-bond acceptors (Lipinski definition) is 7. The summed E-state index contributed by atoms with van der Waals surface area (Å²) in [6.45, 7) is 1.83. The smallest absolute Gasteiger partial charge is 0.339 e. The molecule has 3 aromatic rings. The molecule has 1 unspecified atom stereocenters. The molecule has 8 nitrogen and oxygen atoms in total. The van der Waals surface area contributed by atoms with E-state index in [1.165, 1.54) is 33.3 Å². The fourth-order valence-electron chi connectivity index (χ4n) is 3.72. The zero-order chi connectivity index (χ0) is 26.2. The summed E-state index contributed by atoms with van der Waals surface area (Å²) in [4.78, 5) is 28.2. The minimum Gasteiger partial charge on any atom is -0.497 e. The molecule has 0 aliphatic rings. The van der Waals surface area contributed by atoms with Gasteiger partial charge in [0.25, 0.3) is 5.91 Å². The molecular formula is C28H31NO7. The van der Waals surface area contributed by atoms with Crippen LogP contribution in [0.15, 0.2) is 66.7 Å². The zero-order valence-electron chi connectivity index (χ0n) is 21.3. The number of amides is 1. The molecule has 8 heteroatoms. The average Bonchev–Trinajstić information content (AvgIpc) is 2.94. The fraction of sp³-hybridized carbons (Fsp3) is 0.286. The minimum atomic E-state index is -0.752. The van der Waals surface area contributed by atoms with E-state index < -0.39 is 18.1 Å². The lowest BCUT2D eigenvalue weighted by atomic mass is 10.0. The van der Waals surface area contributed by atoms with Crippen LogP contribution in [-0.2, 0) is 4.74 Å². The van der Waals surface area contributed by atoms with Crippen molar-refractivity contribution >= 4 is 11.9 Å². The molecule has 36 heavy (non-hydrogen) atoms. The molecule has 0 heterocycles. The van der Waals surface area contributed by atoms with E-state index in [0.29, 0.717) is 28.6 Å². The van der Waals surface area contributed by atoms with E-state index in [9.17, 15) is 9.59 Å². The van der Waals surface area contributed by atoms with Crippen molar-refractivity contribution in [1.82, 2.24) is 4.90 Å². The first kappa shape index (κ1) is 26.4. The summed E-state index contributed by atoms with van der Waals surface area (Å²) in [5.41, 5.74) is 1.40. The highest BCUT2D eigenvalue weighted by Crippen LogP contribution is 2.30. The normalized spacial score (nSPS) is 12.2. The van der Waals surface area contributed by atoms with Crippen LogP contribution in [0.3, 0.4) is 0 Å². The number of ether oxygens (including phenoxy) is 5. The van der Waals surface area contributed by atoms with Gasteiger partial charge in [0.1, 0.15) is 29.1 Å². The highest BCUT2D eigenvalue weighted by atomic mass is 16.5. The maximum atomic E-state index is 13.4. The number of carbonyl (C=O) groups is 2. The number of nitrogens with zero attached hydrogens (tertiary/aromatic N) is 1. The van der Waals surface area contributed by atoms with Crippen molar-refractivity contribution in [2.75, 3.05) is 35.5 Å². The van der Waals surface area contributed by atoms with Crippen molar-refractivity contribution in [2.45, 2.75) is 19.1 Å². The number of likely N-dealkylation sites (N-methyl/N-ethyl adjacent to an activating group) is 1. The van der Waals surface area contributed by atoms with Crippen molar-refractivity contribution in [3.05, 3.63) is 83.4 Å². The number of hydrogen-bond donors (Lipinski definition) is 0. The lowest BCUT2D eigenvalue weighted by Gasteiger charge is -2.32. The SMILES string of the molecule is COc1cc(OC)cc(C(=O)O[C@@H](c2ccccc2)C(C)N(C)C(=O)c2cc(OC)cc(OC)c2)c1. The molecule has 0 saturated heterocycles. The van der Waals surface area contributed by atoms with Gasteiger partial charge in [-0.1, -0.05) is 30.3 Å². The second-order valence-corrected chi connectivity index (χ2v) is 8.10. The summed E-state index contributed by atoms with van der Waals surface area (Å²) in [7, 11) is 7.72. The van der Waals surface area contributed by atoms with Crippen molar-refractivity contribution in [2.24, 2.45) is 0 Å². The molecule has 0 bridgehead atoms. The van der Waals surface area contributed by atoms with Gasteiger partial charge < -0.3 is 28.6 Å². The Morgan fingerprint density at radius 2 is 1.14 bits per heavy atom. The second kappa shape index (κ2) is 12.0. The molecule has 2 atom stereocenters. The summed E-state index contributed by atoms with van der Waals surface area (Å²) in [6.07, 6.45) is -0.752. The van der Waals surface area contributed by atoms with Gasteiger partial charge in [-0.3, -0.25) is 4.79 Å². The Bertz CT molecular complexity index is 1150. The van der Waals surface area contributed by atoms with Crippen LogP contribution in [0, 0.1) is 0 Å². The third kappa shape index (κ3) is 6.07. The number of esters is 1. The Balaban J connectivity index is 1.93. The van der Waals surface area contributed by atoms with Crippen molar-refractivity contribution in [3.63, 3.8) is 0 Å². The van der Waals surface area contributed by atoms with Gasteiger partial charge in [-0.25, -0.2) is 4.79 Å². The first-order valence-corrected chi connectivity index (χ1v) is 11.3. The molecule has 3 aromatic carbocycles. The van der Waals surface area contributed by atoms with Crippen LogP contribution in [0.2, 0.25) is 0 Å². The van der Waals surface area contributed by atoms with Crippen molar-refractivity contribution in [1.29, 1.82) is 0 Å². The van der Waals surface area contributed by atoms with Crippen LogP contribution in [0.1, 0.15) is 39.3 Å². The van der Waals surface area contributed by atoms with Crippen LogP contribution < -0.4 is 18.9 Å². The van der Waals surface area contributed by atoms with E-state index >= 15 is 0 Å². The van der Waals surface area contributed by atoms with Gasteiger partial charge in [-0.05, 0) is 36.8 Å². The molecule has 0 radical (unpaired) electrons. The molecule has 0 fully saturated rings. The molecular weight excluding hydrogens is 462 g/mol.